The monoisotopic (exact) mass is 356 g/mol. The fourth-order valence-corrected chi connectivity index (χ4v) is 3.14. The minimum atomic E-state index is -4.42. The first-order valence-corrected chi connectivity index (χ1v) is 8.14. The van der Waals surface area contributed by atoms with E-state index in [9.17, 15) is 13.2 Å². The summed E-state index contributed by atoms with van der Waals surface area (Å²) >= 11 is 6.38. The predicted molar refractivity (Wildman–Crippen MR) is 87.7 cm³/mol. The molecule has 4 nitrogen and oxygen atoms in total. The molecule has 23 heavy (non-hydrogen) atoms. The Kier molecular flexibility index (Phi) is 4.24. The lowest BCUT2D eigenvalue weighted by molar-refractivity contribution is -0.138. The first-order chi connectivity index (χ1) is 10.9. The molecule has 2 aromatic rings. The fraction of sp³-hybridized carbons (Fsp3) is 0.286. The highest BCUT2D eigenvalue weighted by Crippen LogP contribution is 2.36. The van der Waals surface area contributed by atoms with E-state index in [0.717, 1.165) is 18.0 Å². The highest BCUT2D eigenvalue weighted by atomic mass is 32.2. The number of aromatic amines is 1. The van der Waals surface area contributed by atoms with E-state index < -0.39 is 11.7 Å². The molecule has 0 amide bonds. The zero-order chi connectivity index (χ0) is 16.6. The van der Waals surface area contributed by atoms with E-state index in [1.807, 2.05) is 6.92 Å². The summed E-state index contributed by atoms with van der Waals surface area (Å²) in [6.45, 7) is 1.87. The molecule has 2 aromatic heterocycles. The third-order valence-electron chi connectivity index (χ3n) is 3.14. The number of thioether (sulfide) groups is 1. The van der Waals surface area contributed by atoms with Crippen LogP contribution in [0.4, 0.5) is 19.0 Å². The number of aromatic nitrogens is 3. The van der Waals surface area contributed by atoms with Gasteiger partial charge in [-0.3, -0.25) is 4.98 Å². The van der Waals surface area contributed by atoms with Crippen LogP contribution in [0.1, 0.15) is 18.2 Å². The molecule has 120 valence electrons. The summed E-state index contributed by atoms with van der Waals surface area (Å²) < 4.78 is 38.6. The first kappa shape index (κ1) is 16.1. The molecule has 0 radical (unpaired) electrons. The zero-order valence-electron chi connectivity index (χ0n) is 11.9. The summed E-state index contributed by atoms with van der Waals surface area (Å²) in [6, 6.07) is 1.10. The number of pyridine rings is 1. The number of H-pyrrole nitrogens is 1. The molecule has 3 heterocycles. The Morgan fingerprint density at radius 3 is 2.87 bits per heavy atom. The van der Waals surface area contributed by atoms with Gasteiger partial charge in [-0.1, -0.05) is 19.1 Å². The van der Waals surface area contributed by atoms with Gasteiger partial charge in [-0.25, -0.2) is 9.98 Å². The molecule has 1 N–H and O–H groups in total. The van der Waals surface area contributed by atoms with Crippen LogP contribution >= 0.6 is 24.0 Å². The fourth-order valence-electron chi connectivity index (χ4n) is 2.14. The molecule has 0 saturated heterocycles. The lowest BCUT2D eigenvalue weighted by Crippen LogP contribution is -2.07. The van der Waals surface area contributed by atoms with Crippen LogP contribution < -0.4 is 0 Å². The Morgan fingerprint density at radius 2 is 2.17 bits per heavy atom. The largest absolute Gasteiger partial charge is 0.417 e. The molecule has 0 fully saturated rings. The third kappa shape index (κ3) is 3.30. The average molecular weight is 356 g/mol. The number of halogens is 3. The Balaban J connectivity index is 2.06. The smallest absolute Gasteiger partial charge is 0.338 e. The molecule has 0 aromatic carbocycles. The molecule has 0 spiro atoms. The van der Waals surface area contributed by atoms with Crippen molar-refractivity contribution in [2.45, 2.75) is 24.4 Å². The predicted octanol–water partition coefficient (Wildman–Crippen LogP) is 4.23. The van der Waals surface area contributed by atoms with Gasteiger partial charge in [0, 0.05) is 28.6 Å². The van der Waals surface area contributed by atoms with Crippen LogP contribution in [0.25, 0.3) is 11.5 Å². The SMILES string of the molecule is CCSc1cc(C(F)(F)F)cnc1-c1nc2c([nH]1)CC(=S)C=N2. The van der Waals surface area contributed by atoms with Crippen molar-refractivity contribution in [3.8, 4) is 11.5 Å². The quantitative estimate of drug-likeness (QED) is 0.660. The van der Waals surface area contributed by atoms with Gasteiger partial charge in [0.2, 0.25) is 0 Å². The Morgan fingerprint density at radius 1 is 1.39 bits per heavy atom. The van der Waals surface area contributed by atoms with E-state index in [0.29, 0.717) is 39.3 Å². The summed E-state index contributed by atoms with van der Waals surface area (Å²) in [4.78, 5) is 16.6. The summed E-state index contributed by atoms with van der Waals surface area (Å²) in [5.41, 5.74) is 0.370. The number of thiocarbonyl (C=S) groups is 1. The topological polar surface area (TPSA) is 53.9 Å². The number of hydrogen-bond acceptors (Lipinski definition) is 5. The second kappa shape index (κ2) is 6.04. The summed E-state index contributed by atoms with van der Waals surface area (Å²) in [7, 11) is 0. The number of rotatable bonds is 3. The van der Waals surface area contributed by atoms with Crippen molar-refractivity contribution in [2.24, 2.45) is 4.99 Å². The highest BCUT2D eigenvalue weighted by Gasteiger charge is 2.32. The van der Waals surface area contributed by atoms with E-state index in [4.69, 9.17) is 12.2 Å². The lowest BCUT2D eigenvalue weighted by atomic mass is 10.2. The van der Waals surface area contributed by atoms with E-state index in [-0.39, 0.29) is 0 Å². The molecular weight excluding hydrogens is 345 g/mol. The lowest BCUT2D eigenvalue weighted by Gasteiger charge is -2.10. The standard InChI is InChI=1S/C14H11F3N4S2/c1-2-23-10-3-7(14(15,16)17)5-18-11(10)13-20-9-4-8(22)6-19-12(9)21-13/h3,5-6H,2,4H2,1H3,(H,20,21). The molecule has 1 aliphatic rings. The van der Waals surface area contributed by atoms with Crippen LogP contribution in [-0.4, -0.2) is 31.8 Å². The molecule has 1 aliphatic heterocycles. The maximum absolute atomic E-state index is 12.9. The van der Waals surface area contributed by atoms with Crippen LogP contribution in [0.3, 0.4) is 0 Å². The van der Waals surface area contributed by atoms with Crippen LogP contribution in [-0.2, 0) is 12.6 Å². The van der Waals surface area contributed by atoms with Crippen molar-refractivity contribution in [3.63, 3.8) is 0 Å². The molecule has 0 atom stereocenters. The average Bonchev–Trinajstić information content (AvgIpc) is 2.89. The second-order valence-electron chi connectivity index (χ2n) is 4.79. The minimum Gasteiger partial charge on any atom is -0.338 e. The van der Waals surface area contributed by atoms with Crippen molar-refractivity contribution in [1.29, 1.82) is 0 Å². The van der Waals surface area contributed by atoms with Crippen LogP contribution in [0.2, 0.25) is 0 Å². The third-order valence-corrected chi connectivity index (χ3v) is 4.30. The minimum absolute atomic E-state index is 0.389. The van der Waals surface area contributed by atoms with Gasteiger partial charge in [-0.05, 0) is 11.8 Å². The molecular formula is C14H11F3N4S2. The van der Waals surface area contributed by atoms with Crippen LogP contribution in [0, 0.1) is 0 Å². The second-order valence-corrected chi connectivity index (χ2v) is 6.62. The maximum Gasteiger partial charge on any atom is 0.417 e. The van der Waals surface area contributed by atoms with Gasteiger partial charge in [-0.15, -0.1) is 11.8 Å². The number of aliphatic imine (C=N–C) groups is 1. The van der Waals surface area contributed by atoms with E-state index in [1.165, 1.54) is 11.8 Å². The molecule has 9 heteroatoms. The Labute approximate surface area is 139 Å². The maximum atomic E-state index is 12.9. The number of fused-ring (bicyclic) bond motifs is 1. The van der Waals surface area contributed by atoms with Crippen LogP contribution in [0.5, 0.6) is 0 Å². The summed E-state index contributed by atoms with van der Waals surface area (Å²) in [6.07, 6.45) is -1.53. The van der Waals surface area contributed by atoms with Gasteiger partial charge in [0.15, 0.2) is 11.6 Å². The molecule has 0 aliphatic carbocycles. The van der Waals surface area contributed by atoms with Gasteiger partial charge in [0.1, 0.15) is 5.69 Å². The molecule has 3 rings (SSSR count). The van der Waals surface area contributed by atoms with Gasteiger partial charge in [-0.2, -0.15) is 13.2 Å². The van der Waals surface area contributed by atoms with Gasteiger partial charge >= 0.3 is 6.18 Å². The van der Waals surface area contributed by atoms with E-state index >= 15 is 0 Å². The molecule has 0 bridgehead atoms. The molecule has 0 unspecified atom stereocenters. The van der Waals surface area contributed by atoms with Crippen molar-refractivity contribution in [3.05, 3.63) is 23.5 Å². The number of alkyl halides is 3. The van der Waals surface area contributed by atoms with E-state index in [1.54, 1.807) is 6.21 Å². The van der Waals surface area contributed by atoms with Crippen LogP contribution in [0.15, 0.2) is 22.2 Å². The van der Waals surface area contributed by atoms with Crippen molar-refractivity contribution >= 4 is 40.9 Å². The molecule has 0 saturated carbocycles. The number of hydrogen-bond donors (Lipinski definition) is 1. The van der Waals surface area contributed by atoms with Gasteiger partial charge in [0.05, 0.1) is 11.3 Å². The number of nitrogens with one attached hydrogen (secondary N) is 1. The van der Waals surface area contributed by atoms with Crippen molar-refractivity contribution < 1.29 is 13.2 Å². The van der Waals surface area contributed by atoms with Gasteiger partial charge in [0.25, 0.3) is 0 Å². The first-order valence-electron chi connectivity index (χ1n) is 6.74. The number of imidazole rings is 1. The van der Waals surface area contributed by atoms with Crippen molar-refractivity contribution in [2.75, 3.05) is 5.75 Å². The highest BCUT2D eigenvalue weighted by molar-refractivity contribution is 7.99. The Hall–Kier alpha value is -1.74. The number of nitrogens with zero attached hydrogens (tertiary/aromatic N) is 3. The summed E-state index contributed by atoms with van der Waals surface area (Å²) in [5, 5.41) is 0. The zero-order valence-corrected chi connectivity index (χ0v) is 13.6. The summed E-state index contributed by atoms with van der Waals surface area (Å²) in [5.74, 6) is 1.53. The van der Waals surface area contributed by atoms with E-state index in [2.05, 4.69) is 19.9 Å². The normalized spacial score (nSPS) is 14.2. The Bertz CT molecular complexity index is 796. The van der Waals surface area contributed by atoms with Gasteiger partial charge < -0.3 is 4.98 Å². The van der Waals surface area contributed by atoms with Crippen molar-refractivity contribution in [1.82, 2.24) is 15.0 Å².